The molecule has 1 atom stereocenters. The molecule has 0 aliphatic carbocycles. The minimum atomic E-state index is -1.18. The van der Waals surface area contributed by atoms with Crippen molar-refractivity contribution in [2.45, 2.75) is 39.4 Å². The molecule has 1 aliphatic heterocycles. The van der Waals surface area contributed by atoms with Gasteiger partial charge in [-0.2, -0.15) is 0 Å². The lowest BCUT2D eigenvalue weighted by atomic mass is 10.00. The number of ketones is 1. The molecule has 1 saturated heterocycles. The molecule has 1 fully saturated rings. The zero-order valence-corrected chi connectivity index (χ0v) is 12.3. The van der Waals surface area contributed by atoms with E-state index in [1.165, 1.54) is 11.8 Å². The predicted molar refractivity (Wildman–Crippen MR) is 71.0 cm³/mol. The topological polar surface area (TPSA) is 95.9 Å². The molecule has 1 heterocycles. The minimum Gasteiger partial charge on any atom is -0.444 e. The number of likely N-dealkylation sites (tertiary alicyclic amines) is 1. The first kappa shape index (κ1) is 16.4. The van der Waals surface area contributed by atoms with Crippen molar-refractivity contribution >= 4 is 17.8 Å². The molecule has 0 bridgehead atoms. The molecule has 0 saturated carbocycles. The van der Waals surface area contributed by atoms with Crippen molar-refractivity contribution in [3.05, 3.63) is 0 Å². The average molecular weight is 286 g/mol. The van der Waals surface area contributed by atoms with E-state index < -0.39 is 23.6 Å². The maximum Gasteiger partial charge on any atom is 0.410 e. The van der Waals surface area contributed by atoms with Gasteiger partial charge in [-0.05, 0) is 27.7 Å². The number of aliphatic hydroxyl groups is 1. The lowest BCUT2D eigenvalue weighted by Crippen LogP contribution is -2.57. The van der Waals surface area contributed by atoms with Crippen LogP contribution >= 0.6 is 0 Å². The maximum absolute atomic E-state index is 11.7. The molecular weight excluding hydrogens is 264 g/mol. The monoisotopic (exact) mass is 286 g/mol. The summed E-state index contributed by atoms with van der Waals surface area (Å²) < 4.78 is 5.17. The van der Waals surface area contributed by atoms with Crippen molar-refractivity contribution in [1.82, 2.24) is 10.2 Å². The Hall–Kier alpha value is -1.63. The van der Waals surface area contributed by atoms with Gasteiger partial charge < -0.3 is 20.1 Å². The number of aliphatic hydroxyl groups excluding tert-OH is 1. The van der Waals surface area contributed by atoms with E-state index in [1.54, 1.807) is 20.8 Å². The number of Topliss-reactive ketones (excluding diaryl/α,β-unsaturated/α-hetero) is 1. The van der Waals surface area contributed by atoms with E-state index in [-0.39, 0.29) is 31.5 Å². The van der Waals surface area contributed by atoms with Crippen LogP contribution in [0.1, 0.15) is 27.7 Å². The molecule has 1 aliphatic rings. The highest BCUT2D eigenvalue weighted by molar-refractivity contribution is 5.84. The fraction of sp³-hybridized carbons (Fsp3) is 0.769. The van der Waals surface area contributed by atoms with Crippen LogP contribution in [-0.2, 0) is 14.3 Å². The lowest BCUT2D eigenvalue weighted by molar-refractivity contribution is -0.131. The van der Waals surface area contributed by atoms with Crippen LogP contribution in [0.25, 0.3) is 0 Å². The Morgan fingerprint density at radius 3 is 2.35 bits per heavy atom. The Kier molecular flexibility index (Phi) is 5.10. The fourth-order valence-electron chi connectivity index (χ4n) is 1.61. The van der Waals surface area contributed by atoms with Crippen molar-refractivity contribution in [2.75, 3.05) is 19.6 Å². The summed E-state index contributed by atoms with van der Waals surface area (Å²) >= 11 is 0. The van der Waals surface area contributed by atoms with Gasteiger partial charge in [0.1, 0.15) is 11.7 Å². The van der Waals surface area contributed by atoms with Gasteiger partial charge in [0, 0.05) is 13.1 Å². The third-order valence-electron chi connectivity index (χ3n) is 2.84. The summed E-state index contributed by atoms with van der Waals surface area (Å²) in [6, 6.07) is 0. The number of amides is 2. The first-order valence-corrected chi connectivity index (χ1v) is 6.54. The molecule has 2 amide bonds. The Labute approximate surface area is 118 Å². The molecule has 0 radical (unpaired) electrons. The zero-order chi connectivity index (χ0) is 15.5. The van der Waals surface area contributed by atoms with Gasteiger partial charge in [-0.15, -0.1) is 0 Å². The zero-order valence-electron chi connectivity index (χ0n) is 12.3. The normalized spacial score (nSPS) is 17.1. The highest BCUT2D eigenvalue weighted by Gasteiger charge is 2.37. The Balaban J connectivity index is 2.29. The number of rotatable bonds is 4. The largest absolute Gasteiger partial charge is 0.444 e. The summed E-state index contributed by atoms with van der Waals surface area (Å²) in [5, 5.41) is 11.8. The van der Waals surface area contributed by atoms with Crippen LogP contribution in [-0.4, -0.2) is 59.1 Å². The molecule has 2 N–H and O–H groups in total. The second-order valence-corrected chi connectivity index (χ2v) is 5.95. The van der Waals surface area contributed by atoms with E-state index in [0.717, 1.165) is 0 Å². The van der Waals surface area contributed by atoms with E-state index >= 15 is 0 Å². The van der Waals surface area contributed by atoms with Gasteiger partial charge in [0.2, 0.25) is 5.91 Å². The molecule has 0 spiro atoms. The molecule has 7 heteroatoms. The van der Waals surface area contributed by atoms with Crippen LogP contribution in [0.2, 0.25) is 0 Å². The first-order valence-electron chi connectivity index (χ1n) is 6.54. The van der Waals surface area contributed by atoms with Gasteiger partial charge in [0.05, 0.1) is 12.5 Å². The number of ether oxygens (including phenoxy) is 1. The third-order valence-corrected chi connectivity index (χ3v) is 2.84. The lowest BCUT2D eigenvalue weighted by Gasteiger charge is -2.38. The fourth-order valence-corrected chi connectivity index (χ4v) is 1.61. The molecule has 1 rings (SSSR count). The molecule has 0 aromatic heterocycles. The van der Waals surface area contributed by atoms with E-state index in [0.29, 0.717) is 0 Å². The molecular formula is C13H22N2O5. The predicted octanol–water partition coefficient (Wildman–Crippen LogP) is -0.0806. The van der Waals surface area contributed by atoms with E-state index in [1.807, 2.05) is 0 Å². The smallest absolute Gasteiger partial charge is 0.410 e. The van der Waals surface area contributed by atoms with E-state index in [4.69, 9.17) is 4.74 Å². The molecule has 7 nitrogen and oxygen atoms in total. The molecule has 114 valence electrons. The number of nitrogens with one attached hydrogen (secondary N) is 1. The Morgan fingerprint density at radius 2 is 1.90 bits per heavy atom. The highest BCUT2D eigenvalue weighted by atomic mass is 16.6. The van der Waals surface area contributed by atoms with E-state index in [9.17, 15) is 19.5 Å². The second-order valence-electron chi connectivity index (χ2n) is 5.95. The maximum atomic E-state index is 11.7. The third kappa shape index (κ3) is 4.80. The molecule has 20 heavy (non-hydrogen) atoms. The summed E-state index contributed by atoms with van der Waals surface area (Å²) in [4.78, 5) is 35.6. The standard InChI is InChI=1S/C13H22N2O5/c1-8(16)10(17)5-14-11(18)9-6-15(7-9)12(19)20-13(2,3)4/h9-10,17H,5-7H2,1-4H3,(H,14,18). The summed E-state index contributed by atoms with van der Waals surface area (Å²) in [5.74, 6) is -0.985. The summed E-state index contributed by atoms with van der Waals surface area (Å²) in [5.41, 5.74) is -0.559. The summed E-state index contributed by atoms with van der Waals surface area (Å²) in [7, 11) is 0. The average Bonchev–Trinajstić information content (AvgIpc) is 2.20. The van der Waals surface area contributed by atoms with Crippen LogP contribution in [0.3, 0.4) is 0 Å². The minimum absolute atomic E-state index is 0.100. The van der Waals surface area contributed by atoms with Crippen molar-refractivity contribution < 1.29 is 24.2 Å². The van der Waals surface area contributed by atoms with Gasteiger partial charge in [-0.1, -0.05) is 0 Å². The van der Waals surface area contributed by atoms with E-state index in [2.05, 4.69) is 5.32 Å². The SMILES string of the molecule is CC(=O)C(O)CNC(=O)C1CN(C(=O)OC(C)(C)C)C1. The van der Waals surface area contributed by atoms with Gasteiger partial charge in [-0.25, -0.2) is 4.79 Å². The number of carbonyl (C=O) groups is 3. The molecule has 0 aromatic rings. The van der Waals surface area contributed by atoms with Crippen molar-refractivity contribution in [3.8, 4) is 0 Å². The van der Waals surface area contributed by atoms with Crippen LogP contribution in [0, 0.1) is 5.92 Å². The Bertz CT molecular complexity index is 396. The van der Waals surface area contributed by atoms with Gasteiger partial charge >= 0.3 is 6.09 Å². The quantitative estimate of drug-likeness (QED) is 0.753. The van der Waals surface area contributed by atoms with Gasteiger partial charge in [0.15, 0.2) is 5.78 Å². The van der Waals surface area contributed by atoms with Crippen LogP contribution in [0.4, 0.5) is 4.79 Å². The van der Waals surface area contributed by atoms with Crippen molar-refractivity contribution in [1.29, 1.82) is 0 Å². The van der Waals surface area contributed by atoms with Crippen LogP contribution < -0.4 is 5.32 Å². The van der Waals surface area contributed by atoms with Gasteiger partial charge in [0.25, 0.3) is 0 Å². The van der Waals surface area contributed by atoms with Crippen molar-refractivity contribution in [2.24, 2.45) is 5.92 Å². The number of hydrogen-bond donors (Lipinski definition) is 2. The number of nitrogens with zero attached hydrogens (tertiary/aromatic N) is 1. The van der Waals surface area contributed by atoms with Crippen molar-refractivity contribution in [3.63, 3.8) is 0 Å². The number of hydrogen-bond acceptors (Lipinski definition) is 5. The van der Waals surface area contributed by atoms with Crippen LogP contribution in [0.5, 0.6) is 0 Å². The van der Waals surface area contributed by atoms with Crippen LogP contribution in [0.15, 0.2) is 0 Å². The molecule has 1 unspecified atom stereocenters. The highest BCUT2D eigenvalue weighted by Crippen LogP contribution is 2.19. The Morgan fingerprint density at radius 1 is 1.35 bits per heavy atom. The molecule has 0 aromatic carbocycles. The number of carbonyl (C=O) groups excluding carboxylic acids is 3. The second kappa shape index (κ2) is 6.21. The summed E-state index contributed by atoms with van der Waals surface area (Å²) in [6.07, 6.45) is -1.62. The summed E-state index contributed by atoms with van der Waals surface area (Å²) in [6.45, 7) is 7.06. The van der Waals surface area contributed by atoms with Gasteiger partial charge in [-0.3, -0.25) is 9.59 Å². The first-order chi connectivity index (χ1) is 9.10.